The first-order valence-corrected chi connectivity index (χ1v) is 7.34. The van der Waals surface area contributed by atoms with Crippen molar-refractivity contribution in [1.82, 2.24) is 10.2 Å². The van der Waals surface area contributed by atoms with Crippen molar-refractivity contribution in [3.8, 4) is 0 Å². The molecule has 5 heteroatoms. The van der Waals surface area contributed by atoms with E-state index in [9.17, 15) is 9.59 Å². The molecule has 1 aromatic rings. The van der Waals surface area contributed by atoms with Crippen molar-refractivity contribution in [3.63, 3.8) is 0 Å². The molecule has 0 aromatic heterocycles. The molecule has 0 bridgehead atoms. The highest BCUT2D eigenvalue weighted by molar-refractivity contribution is 14.1. The van der Waals surface area contributed by atoms with Gasteiger partial charge in [0.05, 0.1) is 13.1 Å². The van der Waals surface area contributed by atoms with Crippen LogP contribution in [0.3, 0.4) is 0 Å². The molecule has 0 saturated heterocycles. The highest BCUT2D eigenvalue weighted by Crippen LogP contribution is 2.07. The average Bonchev–Trinajstić information content (AvgIpc) is 2.36. The van der Waals surface area contributed by atoms with Crippen LogP contribution in [0.15, 0.2) is 24.3 Å². The molecular formula is C14H19IN2O2. The Labute approximate surface area is 127 Å². The number of carbonyl (C=O) groups is 2. The van der Waals surface area contributed by atoms with E-state index in [1.165, 1.54) is 0 Å². The summed E-state index contributed by atoms with van der Waals surface area (Å²) in [6, 6.07) is 7.44. The number of nitrogens with zero attached hydrogens (tertiary/aromatic N) is 1. The number of hydrogen-bond acceptors (Lipinski definition) is 3. The number of Topliss-reactive ketones (excluding diaryl/α,β-unsaturated/α-hetero) is 1. The Hall–Kier alpha value is -0.950. The number of benzene rings is 1. The van der Waals surface area contributed by atoms with Gasteiger partial charge in [0.2, 0.25) is 5.91 Å². The normalized spacial score (nSPS) is 10.5. The summed E-state index contributed by atoms with van der Waals surface area (Å²) in [5, 5.41) is 2.79. The van der Waals surface area contributed by atoms with E-state index in [1.807, 2.05) is 31.2 Å². The fourth-order valence-electron chi connectivity index (χ4n) is 1.59. The van der Waals surface area contributed by atoms with E-state index in [1.54, 1.807) is 11.9 Å². The maximum Gasteiger partial charge on any atom is 0.234 e. The summed E-state index contributed by atoms with van der Waals surface area (Å²) in [6.07, 6.45) is 0.914. The lowest BCUT2D eigenvalue weighted by Crippen LogP contribution is -2.37. The molecule has 0 spiro atoms. The Balaban J connectivity index is 2.43. The summed E-state index contributed by atoms with van der Waals surface area (Å²) in [4.78, 5) is 25.2. The number of nitrogens with one attached hydrogen (secondary N) is 1. The van der Waals surface area contributed by atoms with Crippen molar-refractivity contribution in [3.05, 3.63) is 33.4 Å². The highest BCUT2D eigenvalue weighted by atomic mass is 127. The smallest absolute Gasteiger partial charge is 0.234 e. The first kappa shape index (κ1) is 16.1. The van der Waals surface area contributed by atoms with E-state index in [0.717, 1.165) is 9.99 Å². The van der Waals surface area contributed by atoms with Crippen molar-refractivity contribution < 1.29 is 9.59 Å². The largest absolute Gasteiger partial charge is 0.355 e. The van der Waals surface area contributed by atoms with E-state index < -0.39 is 0 Å². The predicted octanol–water partition coefficient (Wildman–Crippen LogP) is 1.93. The minimum absolute atomic E-state index is 0.0298. The van der Waals surface area contributed by atoms with Crippen molar-refractivity contribution in [2.45, 2.75) is 13.3 Å². The van der Waals surface area contributed by atoms with E-state index >= 15 is 0 Å². The molecule has 0 unspecified atom stereocenters. The van der Waals surface area contributed by atoms with Crippen molar-refractivity contribution in [2.24, 2.45) is 0 Å². The van der Waals surface area contributed by atoms with Crippen LogP contribution < -0.4 is 5.32 Å². The molecule has 0 aliphatic carbocycles. The SMILES string of the molecule is CCCNC(=O)CN(C)CC(=O)c1ccc(I)cc1. The number of rotatable bonds is 7. The third-order valence-corrected chi connectivity index (χ3v) is 3.28. The molecule has 0 radical (unpaired) electrons. The summed E-state index contributed by atoms with van der Waals surface area (Å²) in [7, 11) is 1.77. The van der Waals surface area contributed by atoms with Crippen LogP contribution in [0.25, 0.3) is 0 Å². The second kappa shape index (κ2) is 8.27. The van der Waals surface area contributed by atoms with E-state index in [4.69, 9.17) is 0 Å². The second-order valence-corrected chi connectivity index (χ2v) is 5.70. The molecular weight excluding hydrogens is 355 g/mol. The number of hydrogen-bond donors (Lipinski definition) is 1. The molecule has 1 aromatic carbocycles. The maximum atomic E-state index is 12.0. The van der Waals surface area contributed by atoms with Crippen LogP contribution in [0.4, 0.5) is 0 Å². The molecule has 1 N–H and O–H groups in total. The van der Waals surface area contributed by atoms with Gasteiger partial charge in [-0.15, -0.1) is 0 Å². The Morgan fingerprint density at radius 2 is 1.84 bits per heavy atom. The van der Waals surface area contributed by atoms with Gasteiger partial charge in [0.15, 0.2) is 5.78 Å². The van der Waals surface area contributed by atoms with Gasteiger partial charge >= 0.3 is 0 Å². The molecule has 1 rings (SSSR count). The third kappa shape index (κ3) is 6.15. The molecule has 1 amide bonds. The number of amides is 1. The Morgan fingerprint density at radius 3 is 2.42 bits per heavy atom. The first-order valence-electron chi connectivity index (χ1n) is 6.27. The van der Waals surface area contributed by atoms with Crippen LogP contribution in [0.1, 0.15) is 23.7 Å². The summed E-state index contributed by atoms with van der Waals surface area (Å²) in [5.74, 6) is -0.0121. The van der Waals surface area contributed by atoms with Crippen LogP contribution in [0.2, 0.25) is 0 Å². The number of halogens is 1. The Morgan fingerprint density at radius 1 is 1.21 bits per heavy atom. The molecule has 104 valence electrons. The zero-order valence-electron chi connectivity index (χ0n) is 11.3. The number of likely N-dealkylation sites (N-methyl/N-ethyl adjacent to an activating group) is 1. The van der Waals surface area contributed by atoms with Gasteiger partial charge in [0, 0.05) is 15.7 Å². The van der Waals surface area contributed by atoms with Crippen LogP contribution in [-0.2, 0) is 4.79 Å². The zero-order chi connectivity index (χ0) is 14.3. The molecule has 0 aliphatic heterocycles. The molecule has 0 aliphatic rings. The predicted molar refractivity (Wildman–Crippen MR) is 84.3 cm³/mol. The minimum atomic E-state index is -0.0419. The molecule has 0 saturated carbocycles. The zero-order valence-corrected chi connectivity index (χ0v) is 13.4. The van der Waals surface area contributed by atoms with Gasteiger partial charge in [-0.2, -0.15) is 0 Å². The summed E-state index contributed by atoms with van der Waals surface area (Å²) in [6.45, 7) is 3.18. The monoisotopic (exact) mass is 374 g/mol. The molecule has 4 nitrogen and oxygen atoms in total. The van der Waals surface area contributed by atoms with Gasteiger partial charge in [0.25, 0.3) is 0 Å². The molecule has 19 heavy (non-hydrogen) atoms. The van der Waals surface area contributed by atoms with Gasteiger partial charge in [0.1, 0.15) is 0 Å². The second-order valence-electron chi connectivity index (χ2n) is 4.45. The fraction of sp³-hybridized carbons (Fsp3) is 0.429. The van der Waals surface area contributed by atoms with Crippen LogP contribution in [0.5, 0.6) is 0 Å². The number of carbonyl (C=O) groups excluding carboxylic acids is 2. The van der Waals surface area contributed by atoms with Gasteiger partial charge in [-0.3, -0.25) is 14.5 Å². The number of ketones is 1. The van der Waals surface area contributed by atoms with E-state index in [0.29, 0.717) is 12.1 Å². The van der Waals surface area contributed by atoms with Crippen LogP contribution in [0, 0.1) is 3.57 Å². The summed E-state index contributed by atoms with van der Waals surface area (Å²) >= 11 is 2.20. The summed E-state index contributed by atoms with van der Waals surface area (Å²) in [5.41, 5.74) is 0.682. The quantitative estimate of drug-likeness (QED) is 0.586. The van der Waals surface area contributed by atoms with E-state index in [2.05, 4.69) is 27.9 Å². The van der Waals surface area contributed by atoms with Crippen molar-refractivity contribution >= 4 is 34.3 Å². The third-order valence-electron chi connectivity index (χ3n) is 2.57. The highest BCUT2D eigenvalue weighted by Gasteiger charge is 2.11. The Kier molecular flexibility index (Phi) is 7.01. The lowest BCUT2D eigenvalue weighted by Gasteiger charge is -2.15. The van der Waals surface area contributed by atoms with Crippen LogP contribution >= 0.6 is 22.6 Å². The summed E-state index contributed by atoms with van der Waals surface area (Å²) < 4.78 is 1.10. The van der Waals surface area contributed by atoms with Gasteiger partial charge in [-0.1, -0.05) is 19.1 Å². The van der Waals surface area contributed by atoms with Gasteiger partial charge in [-0.05, 0) is 48.2 Å². The first-order chi connectivity index (χ1) is 9.02. The van der Waals surface area contributed by atoms with Crippen LogP contribution in [-0.4, -0.2) is 43.3 Å². The Bertz CT molecular complexity index is 432. The lowest BCUT2D eigenvalue weighted by molar-refractivity contribution is -0.121. The minimum Gasteiger partial charge on any atom is -0.355 e. The van der Waals surface area contributed by atoms with E-state index in [-0.39, 0.29) is 24.8 Å². The topological polar surface area (TPSA) is 49.4 Å². The fourth-order valence-corrected chi connectivity index (χ4v) is 1.95. The van der Waals surface area contributed by atoms with Crippen molar-refractivity contribution in [1.29, 1.82) is 0 Å². The average molecular weight is 374 g/mol. The van der Waals surface area contributed by atoms with Gasteiger partial charge < -0.3 is 5.32 Å². The van der Waals surface area contributed by atoms with Crippen molar-refractivity contribution in [2.75, 3.05) is 26.7 Å². The molecule has 0 fully saturated rings. The van der Waals surface area contributed by atoms with Gasteiger partial charge in [-0.25, -0.2) is 0 Å². The lowest BCUT2D eigenvalue weighted by atomic mass is 10.1. The maximum absolute atomic E-state index is 12.0. The molecule has 0 atom stereocenters. The standard InChI is InChI=1S/C14H19IN2O2/c1-3-8-16-14(19)10-17(2)9-13(18)11-4-6-12(15)7-5-11/h4-7H,3,8-10H2,1-2H3,(H,16,19). The molecule has 0 heterocycles.